The molecule has 0 aromatic carbocycles. The fourth-order valence-electron chi connectivity index (χ4n) is 2.24. The standard InChI is InChI=1S/2C6H14N2O2.C5H10N2O7P2/c2*7-4-2-1-3-5(8)6(9)10;8-5(15(9,10)11,16(12,13)14)3-7-2-1-6-4-7/h2*5H,1-4,7-8H2,(H,9,10);1-2,4,8H,3H2,(H2,9,10,11)(H2,12,13,14). The molecular weight excluding hydrogens is 526 g/mol. The minimum atomic E-state index is -5.41. The number of imidazole rings is 1. The Morgan fingerprint density at radius 1 is 0.861 bits per heavy atom. The molecule has 0 spiro atoms. The van der Waals surface area contributed by atoms with Crippen LogP contribution in [0.1, 0.15) is 38.5 Å². The number of nitrogens with zero attached hydrogens (tertiary/aromatic N) is 2. The molecule has 1 aromatic rings. The lowest BCUT2D eigenvalue weighted by Crippen LogP contribution is -2.33. The summed E-state index contributed by atoms with van der Waals surface area (Å²) < 4.78 is 22.8. The lowest BCUT2D eigenvalue weighted by molar-refractivity contribution is -0.139. The third-order valence-electron chi connectivity index (χ3n) is 4.46. The molecular formula is C17H38N6O11P2. The molecule has 212 valence electrons. The molecule has 0 fully saturated rings. The molecule has 19 heteroatoms. The van der Waals surface area contributed by atoms with Gasteiger partial charge >= 0.3 is 27.1 Å². The van der Waals surface area contributed by atoms with Gasteiger partial charge in [-0.3, -0.25) is 18.7 Å². The molecule has 36 heavy (non-hydrogen) atoms. The Balaban J connectivity index is 0. The highest BCUT2D eigenvalue weighted by molar-refractivity contribution is 7.72. The first-order valence-corrected chi connectivity index (χ1v) is 13.8. The highest BCUT2D eigenvalue weighted by atomic mass is 31.2. The highest BCUT2D eigenvalue weighted by Gasteiger charge is 2.59. The second-order valence-corrected chi connectivity index (χ2v) is 11.6. The van der Waals surface area contributed by atoms with E-state index in [-0.39, 0.29) is 0 Å². The molecule has 2 atom stereocenters. The van der Waals surface area contributed by atoms with Crippen molar-refractivity contribution in [2.75, 3.05) is 13.1 Å². The maximum atomic E-state index is 10.9. The first kappa shape index (κ1) is 36.4. The summed E-state index contributed by atoms with van der Waals surface area (Å²) in [6, 6.07) is -1.43. The van der Waals surface area contributed by atoms with Gasteiger partial charge in [-0.05, 0) is 38.8 Å². The van der Waals surface area contributed by atoms with E-state index in [0.717, 1.165) is 36.6 Å². The van der Waals surface area contributed by atoms with E-state index in [1.165, 1.54) is 12.4 Å². The molecule has 0 aliphatic rings. The zero-order valence-corrected chi connectivity index (χ0v) is 21.4. The summed E-state index contributed by atoms with van der Waals surface area (Å²) in [6.07, 6.45) is 7.83. The smallest absolute Gasteiger partial charge is 0.371 e. The number of carboxylic acid groups (broad SMARTS) is 2. The molecule has 17 nitrogen and oxygen atoms in total. The maximum Gasteiger partial charge on any atom is 0.371 e. The second kappa shape index (κ2) is 17.7. The van der Waals surface area contributed by atoms with Crippen LogP contribution in [0.3, 0.4) is 0 Å². The molecule has 0 bridgehead atoms. The Kier molecular flexibility index (Phi) is 17.9. The number of rotatable bonds is 14. The van der Waals surface area contributed by atoms with Gasteiger partial charge in [-0.25, -0.2) is 4.98 Å². The van der Waals surface area contributed by atoms with E-state index in [1.54, 1.807) is 0 Å². The summed E-state index contributed by atoms with van der Waals surface area (Å²) in [5.41, 5.74) is 20.8. The van der Waals surface area contributed by atoms with Gasteiger partial charge in [-0.15, -0.1) is 0 Å². The molecule has 1 aromatic heterocycles. The third-order valence-corrected chi connectivity index (χ3v) is 8.17. The lowest BCUT2D eigenvalue weighted by Gasteiger charge is -2.29. The van der Waals surface area contributed by atoms with Crippen molar-refractivity contribution in [3.05, 3.63) is 18.7 Å². The molecule has 1 rings (SSSR count). The number of aromatic nitrogens is 2. The van der Waals surface area contributed by atoms with E-state index in [0.29, 0.717) is 25.9 Å². The highest BCUT2D eigenvalue weighted by Crippen LogP contribution is 2.67. The van der Waals surface area contributed by atoms with Crippen LogP contribution >= 0.6 is 15.2 Å². The van der Waals surface area contributed by atoms with Crippen molar-refractivity contribution in [2.24, 2.45) is 22.9 Å². The number of unbranched alkanes of at least 4 members (excludes halogenated alkanes) is 2. The van der Waals surface area contributed by atoms with E-state index >= 15 is 0 Å². The Labute approximate surface area is 207 Å². The molecule has 15 N–H and O–H groups in total. The SMILES string of the molecule is NCCCCC(N)C(=O)O.NCCCCC(N)C(=O)O.O=P(O)(O)C(O)(Cn1ccnc1)P(=O)(O)O. The molecule has 1 heterocycles. The van der Waals surface area contributed by atoms with E-state index < -0.39 is 50.8 Å². The van der Waals surface area contributed by atoms with Crippen LogP contribution < -0.4 is 22.9 Å². The van der Waals surface area contributed by atoms with Crippen LogP contribution in [0.5, 0.6) is 0 Å². The van der Waals surface area contributed by atoms with E-state index in [2.05, 4.69) is 4.98 Å². The van der Waals surface area contributed by atoms with Crippen molar-refractivity contribution in [1.82, 2.24) is 9.55 Å². The fourth-order valence-corrected chi connectivity index (χ4v) is 4.30. The number of aliphatic carboxylic acids is 2. The molecule has 0 saturated heterocycles. The van der Waals surface area contributed by atoms with Gasteiger partial charge in [-0.2, -0.15) is 0 Å². The minimum Gasteiger partial charge on any atom is -0.480 e. The van der Waals surface area contributed by atoms with Crippen molar-refractivity contribution in [2.45, 2.75) is 62.2 Å². The monoisotopic (exact) mass is 564 g/mol. The van der Waals surface area contributed by atoms with Crippen LogP contribution in [-0.4, -0.2) is 86.6 Å². The number of aliphatic hydroxyl groups is 1. The number of hydrogen-bond acceptors (Lipinski definition) is 10. The summed E-state index contributed by atoms with van der Waals surface area (Å²) in [7, 11) is -10.8. The van der Waals surface area contributed by atoms with E-state index in [4.69, 9.17) is 52.7 Å². The summed E-state index contributed by atoms with van der Waals surface area (Å²) in [5, 5.41) is 22.7. The molecule has 0 amide bonds. The van der Waals surface area contributed by atoms with Crippen LogP contribution in [0, 0.1) is 0 Å². The predicted octanol–water partition coefficient (Wildman–Crippen LogP) is -2.06. The zero-order valence-electron chi connectivity index (χ0n) is 19.6. The molecule has 0 saturated carbocycles. The second-order valence-electron chi connectivity index (χ2n) is 7.56. The number of hydrogen-bond donors (Lipinski definition) is 11. The summed E-state index contributed by atoms with van der Waals surface area (Å²) in [6.45, 7) is 0.250. The van der Waals surface area contributed by atoms with Gasteiger partial charge < -0.3 is 62.4 Å². The van der Waals surface area contributed by atoms with Gasteiger partial charge in [0.25, 0.3) is 5.08 Å². The molecule has 0 aliphatic heterocycles. The van der Waals surface area contributed by atoms with Gasteiger partial charge in [0.2, 0.25) is 0 Å². The van der Waals surface area contributed by atoms with Crippen molar-refractivity contribution >= 4 is 27.1 Å². The fraction of sp³-hybridized carbons (Fsp3) is 0.706. The van der Waals surface area contributed by atoms with Gasteiger partial charge in [-0.1, -0.05) is 12.8 Å². The number of carboxylic acids is 2. The van der Waals surface area contributed by atoms with E-state index in [9.17, 15) is 23.8 Å². The first-order valence-electron chi connectivity index (χ1n) is 10.6. The van der Waals surface area contributed by atoms with Gasteiger partial charge in [0.1, 0.15) is 12.1 Å². The molecule has 2 unspecified atom stereocenters. The molecule has 0 aliphatic carbocycles. The topological polar surface area (TPSA) is 332 Å². The summed E-state index contributed by atoms with van der Waals surface area (Å²) in [4.78, 5) is 59.0. The number of nitrogens with two attached hydrogens (primary N) is 4. The van der Waals surface area contributed by atoms with Crippen molar-refractivity contribution in [3.8, 4) is 0 Å². The van der Waals surface area contributed by atoms with Crippen molar-refractivity contribution in [1.29, 1.82) is 0 Å². The maximum absolute atomic E-state index is 10.9. The van der Waals surface area contributed by atoms with Crippen LogP contribution in [0.2, 0.25) is 0 Å². The Bertz CT molecular complexity index is 798. The van der Waals surface area contributed by atoms with Crippen LogP contribution in [-0.2, 0) is 25.3 Å². The first-order chi connectivity index (χ1) is 16.4. The Hall–Kier alpha value is -1.75. The van der Waals surface area contributed by atoms with Crippen LogP contribution in [0.15, 0.2) is 18.7 Å². The van der Waals surface area contributed by atoms with Crippen molar-refractivity contribution < 1.29 is 53.6 Å². The average molecular weight is 564 g/mol. The summed E-state index contributed by atoms with van der Waals surface area (Å²) >= 11 is 0. The van der Waals surface area contributed by atoms with Crippen molar-refractivity contribution in [3.63, 3.8) is 0 Å². The Morgan fingerprint density at radius 3 is 1.50 bits per heavy atom. The zero-order chi connectivity index (χ0) is 28.6. The quantitative estimate of drug-likeness (QED) is 0.0854. The van der Waals surface area contributed by atoms with Gasteiger partial charge in [0.05, 0.1) is 12.9 Å². The van der Waals surface area contributed by atoms with Crippen LogP contribution in [0.4, 0.5) is 0 Å². The minimum absolute atomic E-state index is 0.520. The molecule has 0 radical (unpaired) electrons. The third kappa shape index (κ3) is 14.7. The largest absolute Gasteiger partial charge is 0.480 e. The lowest BCUT2D eigenvalue weighted by atomic mass is 10.1. The Morgan fingerprint density at radius 2 is 1.25 bits per heavy atom. The predicted molar refractivity (Wildman–Crippen MR) is 128 cm³/mol. The van der Waals surface area contributed by atoms with Crippen LogP contribution in [0.25, 0.3) is 0 Å². The number of carbonyl (C=O) groups is 2. The van der Waals surface area contributed by atoms with Gasteiger partial charge in [0.15, 0.2) is 0 Å². The van der Waals surface area contributed by atoms with Gasteiger partial charge in [0, 0.05) is 12.4 Å². The van der Waals surface area contributed by atoms with E-state index in [1.807, 2.05) is 0 Å². The normalized spacial score (nSPS) is 13.5. The average Bonchev–Trinajstić information content (AvgIpc) is 3.26. The summed E-state index contributed by atoms with van der Waals surface area (Å²) in [5.74, 6) is -1.87.